The van der Waals surface area contributed by atoms with Gasteiger partial charge in [0.1, 0.15) is 0 Å². The highest BCUT2D eigenvalue weighted by molar-refractivity contribution is 5.79. The van der Waals surface area contributed by atoms with Gasteiger partial charge in [-0.1, -0.05) is 31.2 Å². The summed E-state index contributed by atoms with van der Waals surface area (Å²) in [4.78, 5) is 4.28. The third-order valence-electron chi connectivity index (χ3n) is 4.30. The summed E-state index contributed by atoms with van der Waals surface area (Å²) in [5.74, 6) is 1.43. The molecular formula is C19H31N3O2. The van der Waals surface area contributed by atoms with E-state index < -0.39 is 0 Å². The molecule has 5 heteroatoms. The van der Waals surface area contributed by atoms with Crippen LogP contribution in [0.25, 0.3) is 0 Å². The lowest BCUT2D eigenvalue weighted by Crippen LogP contribution is -2.37. The monoisotopic (exact) mass is 333 g/mol. The molecule has 0 aromatic heterocycles. The topological polar surface area (TPSA) is 54.9 Å². The molecule has 1 aromatic rings. The van der Waals surface area contributed by atoms with E-state index in [1.54, 1.807) is 7.05 Å². The standard InChI is InChI=1S/C19H31N3O2/c1-3-17-7-4-5-8-18(17)13-22-19(20-2)21-10-6-11-23-14-16-9-12-24-15-16/h4-5,7-8,16H,3,6,9-15H2,1-2H3,(H2,20,21,22). The third kappa shape index (κ3) is 6.49. The lowest BCUT2D eigenvalue weighted by atomic mass is 10.1. The highest BCUT2D eigenvalue weighted by atomic mass is 16.5. The minimum absolute atomic E-state index is 0.589. The fraction of sp³-hybridized carbons (Fsp3) is 0.632. The van der Waals surface area contributed by atoms with Gasteiger partial charge in [0, 0.05) is 39.3 Å². The molecule has 134 valence electrons. The Kier molecular flexibility index (Phi) is 8.63. The van der Waals surface area contributed by atoms with Crippen molar-refractivity contribution < 1.29 is 9.47 Å². The summed E-state index contributed by atoms with van der Waals surface area (Å²) in [6.45, 7) is 7.18. The number of benzene rings is 1. The molecular weight excluding hydrogens is 302 g/mol. The smallest absolute Gasteiger partial charge is 0.191 e. The second-order valence-corrected chi connectivity index (χ2v) is 6.13. The van der Waals surface area contributed by atoms with Crippen LogP contribution in [0.5, 0.6) is 0 Å². The van der Waals surface area contributed by atoms with Gasteiger partial charge in [-0.15, -0.1) is 0 Å². The van der Waals surface area contributed by atoms with E-state index in [0.29, 0.717) is 5.92 Å². The van der Waals surface area contributed by atoms with Gasteiger partial charge in [-0.05, 0) is 30.4 Å². The number of aryl methyl sites for hydroxylation is 1. The van der Waals surface area contributed by atoms with E-state index in [1.807, 2.05) is 0 Å². The number of nitrogens with zero attached hydrogens (tertiary/aromatic N) is 1. The Labute approximate surface area is 145 Å². The number of hydrogen-bond acceptors (Lipinski definition) is 3. The van der Waals surface area contributed by atoms with Crippen LogP contribution in [0.4, 0.5) is 0 Å². The SMILES string of the molecule is CCc1ccccc1CNC(=NC)NCCCOCC1CCOC1. The number of aliphatic imine (C=N–C) groups is 1. The molecule has 2 rings (SSSR count). The number of rotatable bonds is 9. The van der Waals surface area contributed by atoms with Crippen molar-refractivity contribution in [3.8, 4) is 0 Å². The van der Waals surface area contributed by atoms with Gasteiger partial charge in [0.2, 0.25) is 0 Å². The van der Waals surface area contributed by atoms with Crippen LogP contribution in [-0.2, 0) is 22.4 Å². The molecule has 1 fully saturated rings. The predicted octanol–water partition coefficient (Wildman–Crippen LogP) is 2.36. The van der Waals surface area contributed by atoms with Gasteiger partial charge in [-0.2, -0.15) is 0 Å². The lowest BCUT2D eigenvalue weighted by molar-refractivity contribution is 0.0888. The van der Waals surface area contributed by atoms with Crippen LogP contribution in [0.15, 0.2) is 29.3 Å². The Morgan fingerprint density at radius 1 is 1.29 bits per heavy atom. The maximum Gasteiger partial charge on any atom is 0.191 e. The normalized spacial score (nSPS) is 17.9. The van der Waals surface area contributed by atoms with Crippen molar-refractivity contribution in [1.29, 1.82) is 0 Å². The van der Waals surface area contributed by atoms with Crippen molar-refractivity contribution in [2.75, 3.05) is 40.0 Å². The maximum absolute atomic E-state index is 5.71. The summed E-state index contributed by atoms with van der Waals surface area (Å²) >= 11 is 0. The second-order valence-electron chi connectivity index (χ2n) is 6.13. The number of nitrogens with one attached hydrogen (secondary N) is 2. The van der Waals surface area contributed by atoms with E-state index in [1.165, 1.54) is 11.1 Å². The maximum atomic E-state index is 5.71. The van der Waals surface area contributed by atoms with Crippen LogP contribution < -0.4 is 10.6 Å². The first-order chi connectivity index (χ1) is 11.8. The highest BCUT2D eigenvalue weighted by Gasteiger charge is 2.15. The van der Waals surface area contributed by atoms with Gasteiger partial charge in [-0.3, -0.25) is 4.99 Å². The minimum Gasteiger partial charge on any atom is -0.381 e. The Hall–Kier alpha value is -1.59. The Morgan fingerprint density at radius 3 is 2.83 bits per heavy atom. The fourth-order valence-electron chi connectivity index (χ4n) is 2.82. The van der Waals surface area contributed by atoms with Crippen molar-refractivity contribution in [2.24, 2.45) is 10.9 Å². The zero-order valence-electron chi connectivity index (χ0n) is 15.0. The largest absolute Gasteiger partial charge is 0.381 e. The molecule has 1 heterocycles. The molecule has 0 spiro atoms. The van der Waals surface area contributed by atoms with Crippen LogP contribution >= 0.6 is 0 Å². The number of hydrogen-bond donors (Lipinski definition) is 2. The molecule has 1 aliphatic heterocycles. The molecule has 0 saturated carbocycles. The van der Waals surface area contributed by atoms with Crippen LogP contribution in [0.1, 0.15) is 30.9 Å². The lowest BCUT2D eigenvalue weighted by Gasteiger charge is -2.14. The molecule has 1 aliphatic rings. The summed E-state index contributed by atoms with van der Waals surface area (Å²) in [5, 5.41) is 6.72. The van der Waals surface area contributed by atoms with E-state index in [4.69, 9.17) is 9.47 Å². The molecule has 1 saturated heterocycles. The molecule has 1 aromatic carbocycles. The first-order valence-electron chi connectivity index (χ1n) is 9.00. The zero-order chi connectivity index (χ0) is 17.0. The molecule has 0 radical (unpaired) electrons. The zero-order valence-corrected chi connectivity index (χ0v) is 15.0. The summed E-state index contributed by atoms with van der Waals surface area (Å²) in [5.41, 5.74) is 2.70. The van der Waals surface area contributed by atoms with E-state index in [9.17, 15) is 0 Å². The molecule has 1 unspecified atom stereocenters. The van der Waals surface area contributed by atoms with E-state index in [2.05, 4.69) is 46.8 Å². The molecule has 0 aliphatic carbocycles. The van der Waals surface area contributed by atoms with Crippen molar-refractivity contribution in [1.82, 2.24) is 10.6 Å². The minimum atomic E-state index is 0.589. The van der Waals surface area contributed by atoms with Gasteiger partial charge >= 0.3 is 0 Å². The molecule has 1 atom stereocenters. The van der Waals surface area contributed by atoms with Gasteiger partial charge in [0.15, 0.2) is 5.96 Å². The van der Waals surface area contributed by atoms with Crippen molar-refractivity contribution >= 4 is 5.96 Å². The van der Waals surface area contributed by atoms with Gasteiger partial charge in [0.05, 0.1) is 13.2 Å². The van der Waals surface area contributed by atoms with E-state index in [-0.39, 0.29) is 0 Å². The van der Waals surface area contributed by atoms with Crippen LogP contribution in [0.2, 0.25) is 0 Å². The molecule has 0 bridgehead atoms. The summed E-state index contributed by atoms with van der Waals surface area (Å²) in [6.07, 6.45) is 3.15. The van der Waals surface area contributed by atoms with Crippen LogP contribution in [0, 0.1) is 5.92 Å². The average Bonchev–Trinajstić information content (AvgIpc) is 3.14. The Balaban J connectivity index is 1.58. The quantitative estimate of drug-likeness (QED) is 0.414. The Morgan fingerprint density at radius 2 is 2.12 bits per heavy atom. The first kappa shape index (κ1) is 18.7. The van der Waals surface area contributed by atoms with E-state index in [0.717, 1.165) is 64.7 Å². The summed E-state index contributed by atoms with van der Waals surface area (Å²) < 4.78 is 11.1. The van der Waals surface area contributed by atoms with Gasteiger partial charge < -0.3 is 20.1 Å². The van der Waals surface area contributed by atoms with Gasteiger partial charge in [0.25, 0.3) is 0 Å². The van der Waals surface area contributed by atoms with Gasteiger partial charge in [-0.25, -0.2) is 0 Å². The van der Waals surface area contributed by atoms with Crippen LogP contribution in [0.3, 0.4) is 0 Å². The van der Waals surface area contributed by atoms with E-state index >= 15 is 0 Å². The fourth-order valence-corrected chi connectivity index (χ4v) is 2.82. The number of guanidine groups is 1. The predicted molar refractivity (Wildman–Crippen MR) is 98.4 cm³/mol. The first-order valence-corrected chi connectivity index (χ1v) is 9.00. The Bertz CT molecular complexity index is 499. The van der Waals surface area contributed by atoms with Crippen molar-refractivity contribution in [2.45, 2.75) is 32.7 Å². The highest BCUT2D eigenvalue weighted by Crippen LogP contribution is 2.12. The van der Waals surface area contributed by atoms with Crippen molar-refractivity contribution in [3.63, 3.8) is 0 Å². The van der Waals surface area contributed by atoms with Crippen LogP contribution in [-0.4, -0.2) is 46.0 Å². The van der Waals surface area contributed by atoms with Crippen molar-refractivity contribution in [3.05, 3.63) is 35.4 Å². The number of ether oxygens (including phenoxy) is 2. The summed E-state index contributed by atoms with van der Waals surface area (Å²) in [6, 6.07) is 8.52. The molecule has 24 heavy (non-hydrogen) atoms. The average molecular weight is 333 g/mol. The molecule has 2 N–H and O–H groups in total. The second kappa shape index (κ2) is 11.0. The molecule has 0 amide bonds. The third-order valence-corrected chi connectivity index (χ3v) is 4.30. The molecule has 5 nitrogen and oxygen atoms in total. The summed E-state index contributed by atoms with van der Waals surface area (Å²) in [7, 11) is 1.80.